The topological polar surface area (TPSA) is 84.2 Å². The van der Waals surface area contributed by atoms with Gasteiger partial charge in [-0.25, -0.2) is 4.98 Å². The van der Waals surface area contributed by atoms with Crippen molar-refractivity contribution in [3.05, 3.63) is 77.6 Å². The summed E-state index contributed by atoms with van der Waals surface area (Å²) >= 11 is 0. The maximum absolute atomic E-state index is 13.1. The Balaban J connectivity index is 1.31. The molecule has 0 unspecified atom stereocenters. The summed E-state index contributed by atoms with van der Waals surface area (Å²) in [5, 5.41) is 8.07. The van der Waals surface area contributed by atoms with Crippen LogP contribution >= 0.6 is 0 Å². The van der Waals surface area contributed by atoms with E-state index in [1.54, 1.807) is 13.3 Å². The van der Waals surface area contributed by atoms with Crippen LogP contribution in [0.5, 0.6) is 5.75 Å². The second kappa shape index (κ2) is 8.26. The highest BCUT2D eigenvalue weighted by molar-refractivity contribution is 6.04. The minimum absolute atomic E-state index is 0.0528. The minimum Gasteiger partial charge on any atom is -0.496 e. The molecular formula is C24H24N4O3. The average Bonchev–Trinajstić information content (AvgIpc) is 3.46. The number of aromatic amines is 1. The predicted molar refractivity (Wildman–Crippen MR) is 116 cm³/mol. The highest BCUT2D eigenvalue weighted by Crippen LogP contribution is 2.29. The quantitative estimate of drug-likeness (QED) is 0.528. The molecule has 0 saturated carbocycles. The zero-order chi connectivity index (χ0) is 21.2. The Morgan fingerprint density at radius 1 is 1.23 bits per heavy atom. The van der Waals surface area contributed by atoms with Crippen molar-refractivity contribution in [1.29, 1.82) is 0 Å². The van der Waals surface area contributed by atoms with Crippen molar-refractivity contribution in [1.82, 2.24) is 20.1 Å². The Kier molecular flexibility index (Phi) is 5.16. The molecule has 2 aromatic carbocycles. The van der Waals surface area contributed by atoms with Gasteiger partial charge in [0.25, 0.3) is 5.91 Å². The first-order valence-electron chi connectivity index (χ1n) is 10.5. The molecule has 3 heterocycles. The summed E-state index contributed by atoms with van der Waals surface area (Å²) in [6, 6.07) is 15.6. The molecule has 4 aromatic rings. The molecule has 1 N–H and O–H groups in total. The van der Waals surface area contributed by atoms with Gasteiger partial charge in [0.15, 0.2) is 11.6 Å². The van der Waals surface area contributed by atoms with Crippen LogP contribution < -0.4 is 4.74 Å². The van der Waals surface area contributed by atoms with Gasteiger partial charge in [-0.15, -0.1) is 0 Å². The fourth-order valence-corrected chi connectivity index (χ4v) is 4.27. The highest BCUT2D eigenvalue weighted by atomic mass is 16.5. The first kappa shape index (κ1) is 19.4. The number of piperidine rings is 1. The standard InChI is InChI=1S/C24H24N4O3/c1-30-21-11-5-2-7-16(21)13-18-14-25-23(31-18)17-8-6-12-28(15-17)24(29)22-19-9-3-4-10-20(19)26-27-22/h2-5,7,9-11,14,17H,6,8,12-13,15H2,1H3,(H,26,27)/t17-/m0/s1. The van der Waals surface area contributed by atoms with Crippen LogP contribution in [0.15, 0.2) is 59.1 Å². The summed E-state index contributed by atoms with van der Waals surface area (Å²) in [6.45, 7) is 1.29. The van der Waals surface area contributed by atoms with E-state index in [1.807, 2.05) is 53.4 Å². The van der Waals surface area contributed by atoms with Gasteiger partial charge < -0.3 is 14.1 Å². The lowest BCUT2D eigenvalue weighted by Gasteiger charge is -2.30. The molecule has 1 atom stereocenters. The van der Waals surface area contributed by atoms with Crippen LogP contribution in [0.2, 0.25) is 0 Å². The summed E-state index contributed by atoms with van der Waals surface area (Å²) in [4.78, 5) is 19.5. The van der Waals surface area contributed by atoms with E-state index >= 15 is 0 Å². The summed E-state index contributed by atoms with van der Waals surface area (Å²) < 4.78 is 11.5. The molecule has 0 spiro atoms. The van der Waals surface area contributed by atoms with Gasteiger partial charge >= 0.3 is 0 Å². The number of fused-ring (bicyclic) bond motifs is 1. The van der Waals surface area contributed by atoms with Gasteiger partial charge in [0.1, 0.15) is 11.5 Å². The molecule has 5 rings (SSSR count). The average molecular weight is 416 g/mol. The zero-order valence-corrected chi connectivity index (χ0v) is 17.4. The number of aromatic nitrogens is 3. The van der Waals surface area contributed by atoms with Crippen molar-refractivity contribution in [2.75, 3.05) is 20.2 Å². The Morgan fingerprint density at radius 2 is 2.06 bits per heavy atom. The number of ether oxygens (including phenoxy) is 1. The number of rotatable bonds is 5. The van der Waals surface area contributed by atoms with Gasteiger partial charge in [0.05, 0.1) is 24.7 Å². The molecule has 31 heavy (non-hydrogen) atoms. The highest BCUT2D eigenvalue weighted by Gasteiger charge is 2.30. The lowest BCUT2D eigenvalue weighted by Crippen LogP contribution is -2.39. The maximum Gasteiger partial charge on any atom is 0.275 e. The second-order valence-corrected chi connectivity index (χ2v) is 7.86. The number of benzene rings is 2. The van der Waals surface area contributed by atoms with Crippen molar-refractivity contribution < 1.29 is 13.9 Å². The number of nitrogens with one attached hydrogen (secondary N) is 1. The summed E-state index contributed by atoms with van der Waals surface area (Å²) in [6.07, 6.45) is 4.25. The van der Waals surface area contributed by atoms with Crippen molar-refractivity contribution in [2.24, 2.45) is 0 Å². The molecule has 1 aliphatic rings. The second-order valence-electron chi connectivity index (χ2n) is 7.86. The third kappa shape index (κ3) is 3.79. The van der Waals surface area contributed by atoms with Crippen LogP contribution in [0.1, 0.15) is 46.5 Å². The lowest BCUT2D eigenvalue weighted by molar-refractivity contribution is 0.0694. The van der Waals surface area contributed by atoms with Gasteiger partial charge in [0.2, 0.25) is 0 Å². The lowest BCUT2D eigenvalue weighted by atomic mass is 9.97. The molecule has 2 aromatic heterocycles. The van der Waals surface area contributed by atoms with Crippen molar-refractivity contribution >= 4 is 16.8 Å². The van der Waals surface area contributed by atoms with E-state index in [-0.39, 0.29) is 11.8 Å². The molecule has 7 heteroatoms. The van der Waals surface area contributed by atoms with Gasteiger partial charge in [-0.1, -0.05) is 36.4 Å². The third-order valence-corrected chi connectivity index (χ3v) is 5.86. The number of hydrogen-bond donors (Lipinski definition) is 1. The fourth-order valence-electron chi connectivity index (χ4n) is 4.27. The van der Waals surface area contributed by atoms with E-state index in [9.17, 15) is 4.79 Å². The van der Waals surface area contributed by atoms with Gasteiger partial charge in [-0.2, -0.15) is 5.10 Å². The minimum atomic E-state index is -0.0528. The van der Waals surface area contributed by atoms with Gasteiger partial charge in [0, 0.05) is 30.5 Å². The molecule has 1 fully saturated rings. The molecule has 0 aliphatic carbocycles. The molecule has 0 bridgehead atoms. The normalized spacial score (nSPS) is 16.5. The third-order valence-electron chi connectivity index (χ3n) is 5.86. The first-order chi connectivity index (χ1) is 15.2. The molecule has 1 amide bonds. The summed E-state index contributed by atoms with van der Waals surface area (Å²) in [5.41, 5.74) is 2.40. The van der Waals surface area contributed by atoms with Crippen LogP contribution in [0.4, 0.5) is 0 Å². The number of oxazole rings is 1. The number of methoxy groups -OCH3 is 1. The smallest absolute Gasteiger partial charge is 0.275 e. The Morgan fingerprint density at radius 3 is 2.97 bits per heavy atom. The molecule has 0 radical (unpaired) electrons. The largest absolute Gasteiger partial charge is 0.496 e. The van der Waals surface area contributed by atoms with Crippen LogP contribution in [-0.4, -0.2) is 46.2 Å². The zero-order valence-electron chi connectivity index (χ0n) is 17.4. The van der Waals surface area contributed by atoms with Crippen molar-refractivity contribution in [3.8, 4) is 5.75 Å². The van der Waals surface area contributed by atoms with Gasteiger partial charge in [-0.3, -0.25) is 9.89 Å². The first-order valence-corrected chi connectivity index (χ1v) is 10.5. The number of para-hydroxylation sites is 2. The molecule has 1 saturated heterocycles. The van der Waals surface area contributed by atoms with Crippen molar-refractivity contribution in [2.45, 2.75) is 25.2 Å². The van der Waals surface area contributed by atoms with E-state index in [1.165, 1.54) is 0 Å². The van der Waals surface area contributed by atoms with Crippen LogP contribution in [0, 0.1) is 0 Å². The van der Waals surface area contributed by atoms with E-state index in [0.29, 0.717) is 31.1 Å². The fraction of sp³-hybridized carbons (Fsp3) is 0.292. The van der Waals surface area contributed by atoms with Crippen LogP contribution in [0.25, 0.3) is 10.9 Å². The Labute approximate surface area is 180 Å². The number of nitrogens with zero attached hydrogens (tertiary/aromatic N) is 3. The Bertz CT molecular complexity index is 1210. The predicted octanol–water partition coefficient (Wildman–Crippen LogP) is 4.17. The number of carbonyl (C=O) groups excluding carboxylic acids is 1. The van der Waals surface area contributed by atoms with E-state index in [0.717, 1.165) is 40.8 Å². The monoisotopic (exact) mass is 416 g/mol. The number of amides is 1. The van der Waals surface area contributed by atoms with E-state index in [4.69, 9.17) is 9.15 Å². The van der Waals surface area contributed by atoms with Crippen LogP contribution in [0.3, 0.4) is 0 Å². The summed E-state index contributed by atoms with van der Waals surface area (Å²) in [5.74, 6) is 2.34. The van der Waals surface area contributed by atoms with E-state index in [2.05, 4.69) is 15.2 Å². The molecular weight excluding hydrogens is 392 g/mol. The number of hydrogen-bond acceptors (Lipinski definition) is 5. The molecule has 1 aliphatic heterocycles. The maximum atomic E-state index is 13.1. The van der Waals surface area contributed by atoms with E-state index < -0.39 is 0 Å². The van der Waals surface area contributed by atoms with Gasteiger partial charge in [-0.05, 0) is 25.0 Å². The number of likely N-dealkylation sites (tertiary alicyclic amines) is 1. The summed E-state index contributed by atoms with van der Waals surface area (Å²) in [7, 11) is 1.67. The van der Waals surface area contributed by atoms with Crippen molar-refractivity contribution in [3.63, 3.8) is 0 Å². The molecule has 7 nitrogen and oxygen atoms in total. The number of H-pyrrole nitrogens is 1. The number of carbonyl (C=O) groups is 1. The SMILES string of the molecule is COc1ccccc1Cc1cnc([C@H]2CCCN(C(=O)c3n[nH]c4ccccc34)C2)o1. The van der Waals surface area contributed by atoms with Crippen LogP contribution in [-0.2, 0) is 6.42 Å². The Hall–Kier alpha value is -3.61. The molecule has 158 valence electrons.